The Morgan fingerprint density at radius 3 is 2.10 bits per heavy atom. The van der Waals surface area contributed by atoms with Gasteiger partial charge in [-0.05, 0) is 29.3 Å². The van der Waals surface area contributed by atoms with Crippen LogP contribution in [-0.2, 0) is 19.6 Å². The molecule has 6 heteroatoms. The van der Waals surface area contributed by atoms with E-state index in [0.29, 0.717) is 17.8 Å². The van der Waals surface area contributed by atoms with Crippen molar-refractivity contribution in [2.75, 3.05) is 20.0 Å². The number of nitrogens with two attached hydrogens (primary N) is 2. The number of hydrogen-bond donors (Lipinski definition) is 2. The highest BCUT2D eigenvalue weighted by Crippen LogP contribution is 2.36. The fraction of sp³-hybridized carbons (Fsp3) is 0.286. The average Bonchev–Trinajstić information content (AvgIpc) is 2.43. The number of allylic oxidation sites excluding steroid dienone is 2. The molecule has 0 aromatic heterocycles. The predicted molar refractivity (Wildman–Crippen MR) is 74.6 cm³/mol. The summed E-state index contributed by atoms with van der Waals surface area (Å²) in [6.45, 7) is 0. The van der Waals surface area contributed by atoms with E-state index in [2.05, 4.69) is 0 Å². The van der Waals surface area contributed by atoms with Crippen LogP contribution in [0.4, 0.5) is 5.69 Å². The lowest BCUT2D eigenvalue weighted by molar-refractivity contribution is -0.485. The molecular formula is C14H18N2O4. The van der Waals surface area contributed by atoms with Gasteiger partial charge >= 0.3 is 0 Å². The van der Waals surface area contributed by atoms with E-state index in [1.54, 1.807) is 6.08 Å². The summed E-state index contributed by atoms with van der Waals surface area (Å²) in [4.78, 5) is 19.9. The predicted octanol–water partition coefficient (Wildman–Crippen LogP) is 1.75. The van der Waals surface area contributed by atoms with Crippen LogP contribution >= 0.6 is 0 Å². The zero-order valence-electron chi connectivity index (χ0n) is 11.5. The highest BCUT2D eigenvalue weighted by Gasteiger charge is 2.41. The van der Waals surface area contributed by atoms with Gasteiger partial charge in [0.05, 0.1) is 19.9 Å². The molecule has 20 heavy (non-hydrogen) atoms. The molecule has 0 saturated carbocycles. The van der Waals surface area contributed by atoms with Crippen LogP contribution in [0.25, 0.3) is 5.57 Å². The van der Waals surface area contributed by atoms with Crippen molar-refractivity contribution in [1.82, 2.24) is 0 Å². The highest BCUT2D eigenvalue weighted by molar-refractivity contribution is 5.71. The minimum atomic E-state index is -1.30. The summed E-state index contributed by atoms with van der Waals surface area (Å²) in [5, 5.41) is 0. The molecule has 0 radical (unpaired) electrons. The largest absolute Gasteiger partial charge is 0.399 e. The Labute approximate surface area is 117 Å². The van der Waals surface area contributed by atoms with E-state index >= 15 is 0 Å². The Morgan fingerprint density at radius 1 is 0.950 bits per heavy atom. The first-order valence-electron chi connectivity index (χ1n) is 6.07. The van der Waals surface area contributed by atoms with Gasteiger partial charge in [-0.3, -0.25) is 0 Å². The topological polar surface area (TPSA) is 89.0 Å². The molecular weight excluding hydrogens is 260 g/mol. The van der Waals surface area contributed by atoms with Gasteiger partial charge in [0.15, 0.2) is 0 Å². The first kappa shape index (κ1) is 14.5. The third kappa shape index (κ3) is 2.83. The summed E-state index contributed by atoms with van der Waals surface area (Å²) < 4.78 is 0. The van der Waals surface area contributed by atoms with E-state index in [4.69, 9.17) is 31.0 Å². The number of benzene rings is 1. The Balaban J connectivity index is 2.31. The highest BCUT2D eigenvalue weighted by atomic mass is 17.3. The van der Waals surface area contributed by atoms with Gasteiger partial charge in [-0.1, -0.05) is 18.2 Å². The molecule has 0 aliphatic heterocycles. The molecule has 0 amide bonds. The Morgan fingerprint density at radius 2 is 1.55 bits per heavy atom. The van der Waals surface area contributed by atoms with Crippen LogP contribution in [-0.4, -0.2) is 20.0 Å². The van der Waals surface area contributed by atoms with Crippen molar-refractivity contribution in [3.05, 3.63) is 47.7 Å². The third-order valence-electron chi connectivity index (χ3n) is 3.04. The van der Waals surface area contributed by atoms with Crippen molar-refractivity contribution in [3.8, 4) is 0 Å². The molecule has 0 unspecified atom stereocenters. The van der Waals surface area contributed by atoms with Gasteiger partial charge in [-0.15, -0.1) is 0 Å². The van der Waals surface area contributed by atoms with Crippen LogP contribution in [0.3, 0.4) is 0 Å². The summed E-state index contributed by atoms with van der Waals surface area (Å²) in [7, 11) is 2.77. The molecule has 6 nitrogen and oxygen atoms in total. The second kappa shape index (κ2) is 6.06. The number of anilines is 1. The van der Waals surface area contributed by atoms with Crippen LogP contribution < -0.4 is 11.5 Å². The van der Waals surface area contributed by atoms with Crippen LogP contribution in [0.5, 0.6) is 0 Å². The van der Waals surface area contributed by atoms with Crippen molar-refractivity contribution >= 4 is 11.3 Å². The van der Waals surface area contributed by atoms with Gasteiger partial charge in [0.1, 0.15) is 0 Å². The minimum absolute atomic E-state index is 0.348. The molecule has 1 aromatic carbocycles. The number of nitrogen functional groups attached to an aromatic ring is 1. The zero-order chi connectivity index (χ0) is 14.6. The van der Waals surface area contributed by atoms with Gasteiger partial charge in [0.25, 0.3) is 5.79 Å². The standard InChI is InChI=1S/C14H18N2O4/c1-17-19-14(20-18-2)9-11(5-8-13(14)16)10-3-6-12(15)7-4-10/h3-8H,9,15-16H2,1-2H3. The van der Waals surface area contributed by atoms with Gasteiger partial charge in [-0.2, -0.15) is 9.78 Å². The normalized spacial score (nSPS) is 17.5. The lowest BCUT2D eigenvalue weighted by Gasteiger charge is -2.32. The molecule has 1 aromatic rings. The molecule has 0 fully saturated rings. The molecule has 0 atom stereocenters. The molecule has 1 aliphatic rings. The second-order valence-corrected chi connectivity index (χ2v) is 4.37. The molecule has 2 rings (SSSR count). The van der Waals surface area contributed by atoms with Crippen molar-refractivity contribution in [3.63, 3.8) is 0 Å². The lowest BCUT2D eigenvalue weighted by Crippen LogP contribution is -2.42. The van der Waals surface area contributed by atoms with E-state index in [1.807, 2.05) is 30.3 Å². The molecule has 0 spiro atoms. The van der Waals surface area contributed by atoms with E-state index in [9.17, 15) is 0 Å². The SMILES string of the molecule is COOC1(OOC)CC(c2ccc(N)cc2)=CC=C1N. The molecule has 108 valence electrons. The zero-order valence-corrected chi connectivity index (χ0v) is 11.5. The first-order chi connectivity index (χ1) is 9.61. The maximum absolute atomic E-state index is 5.94. The fourth-order valence-electron chi connectivity index (χ4n) is 2.06. The molecule has 1 aliphatic carbocycles. The van der Waals surface area contributed by atoms with Crippen molar-refractivity contribution in [2.24, 2.45) is 5.73 Å². The smallest absolute Gasteiger partial charge is 0.276 e. The summed E-state index contributed by atoms with van der Waals surface area (Å²) in [5.41, 5.74) is 14.6. The Kier molecular flexibility index (Phi) is 4.41. The maximum atomic E-state index is 5.94. The summed E-state index contributed by atoms with van der Waals surface area (Å²) >= 11 is 0. The quantitative estimate of drug-likeness (QED) is 0.369. The van der Waals surface area contributed by atoms with Gasteiger partial charge in [0, 0.05) is 12.1 Å². The van der Waals surface area contributed by atoms with E-state index < -0.39 is 5.79 Å². The van der Waals surface area contributed by atoms with Crippen molar-refractivity contribution in [2.45, 2.75) is 12.2 Å². The molecule has 4 N–H and O–H groups in total. The van der Waals surface area contributed by atoms with Crippen molar-refractivity contribution in [1.29, 1.82) is 0 Å². The second-order valence-electron chi connectivity index (χ2n) is 4.37. The van der Waals surface area contributed by atoms with E-state index in [0.717, 1.165) is 11.1 Å². The van der Waals surface area contributed by atoms with Crippen LogP contribution in [0, 0.1) is 0 Å². The third-order valence-corrected chi connectivity index (χ3v) is 3.04. The Hall–Kier alpha value is -1.86. The van der Waals surface area contributed by atoms with Crippen LogP contribution in [0.2, 0.25) is 0 Å². The Bertz CT molecular complexity index is 516. The average molecular weight is 278 g/mol. The van der Waals surface area contributed by atoms with Crippen LogP contribution in [0.1, 0.15) is 12.0 Å². The fourth-order valence-corrected chi connectivity index (χ4v) is 2.06. The summed E-state index contributed by atoms with van der Waals surface area (Å²) in [6.07, 6.45) is 3.95. The van der Waals surface area contributed by atoms with E-state index in [1.165, 1.54) is 14.2 Å². The molecule has 0 saturated heterocycles. The van der Waals surface area contributed by atoms with E-state index in [-0.39, 0.29) is 0 Å². The van der Waals surface area contributed by atoms with Crippen LogP contribution in [0.15, 0.2) is 42.1 Å². The number of rotatable bonds is 5. The molecule has 0 bridgehead atoms. The van der Waals surface area contributed by atoms with Gasteiger partial charge < -0.3 is 11.5 Å². The summed E-state index contributed by atoms with van der Waals surface area (Å²) in [5.74, 6) is -1.30. The monoisotopic (exact) mass is 278 g/mol. The maximum Gasteiger partial charge on any atom is 0.276 e. The number of hydrogen-bond acceptors (Lipinski definition) is 6. The minimum Gasteiger partial charge on any atom is -0.399 e. The van der Waals surface area contributed by atoms with Crippen molar-refractivity contribution < 1.29 is 19.6 Å². The summed E-state index contributed by atoms with van der Waals surface area (Å²) in [6, 6.07) is 7.49. The lowest BCUT2D eigenvalue weighted by atomic mass is 9.91. The first-order valence-corrected chi connectivity index (χ1v) is 6.07. The van der Waals surface area contributed by atoms with Gasteiger partial charge in [-0.25, -0.2) is 9.78 Å². The van der Waals surface area contributed by atoms with Gasteiger partial charge in [0.2, 0.25) is 0 Å². The molecule has 0 heterocycles.